The van der Waals surface area contributed by atoms with Crippen LogP contribution in [-0.4, -0.2) is 17.9 Å². The second-order valence-electron chi connectivity index (χ2n) is 5.12. The molecule has 3 atom stereocenters. The van der Waals surface area contributed by atoms with Crippen molar-refractivity contribution in [2.75, 3.05) is 0 Å². The number of halogens is 1. The van der Waals surface area contributed by atoms with Gasteiger partial charge in [-0.1, -0.05) is 29.8 Å². The lowest BCUT2D eigenvalue weighted by Gasteiger charge is -2.18. The van der Waals surface area contributed by atoms with Crippen molar-refractivity contribution < 1.29 is 4.79 Å². The number of benzene rings is 1. The van der Waals surface area contributed by atoms with Gasteiger partial charge < -0.3 is 5.32 Å². The number of rotatable bonds is 3. The normalized spacial score (nSPS) is 30.8. The van der Waals surface area contributed by atoms with Gasteiger partial charge in [0.2, 0.25) is 0 Å². The summed E-state index contributed by atoms with van der Waals surface area (Å²) < 4.78 is 0. The molecule has 2 heterocycles. The molecule has 1 aromatic carbocycles. The first-order valence-electron chi connectivity index (χ1n) is 6.26. The molecule has 3 unspecified atom stereocenters. The average Bonchev–Trinajstić information content (AvgIpc) is 2.94. The van der Waals surface area contributed by atoms with Gasteiger partial charge in [-0.05, 0) is 30.9 Å². The van der Waals surface area contributed by atoms with Crippen molar-refractivity contribution in [2.24, 2.45) is 5.92 Å². The number of hydrogen-bond donors (Lipinski definition) is 1. The maximum absolute atomic E-state index is 12.3. The molecule has 3 rings (SSSR count). The molecule has 3 heteroatoms. The van der Waals surface area contributed by atoms with Crippen molar-refractivity contribution in [1.82, 2.24) is 5.32 Å². The molecular weight excluding hydrogens is 234 g/mol. The molecule has 0 spiro atoms. The summed E-state index contributed by atoms with van der Waals surface area (Å²) in [6.45, 7) is 0. The van der Waals surface area contributed by atoms with Crippen LogP contribution < -0.4 is 5.32 Å². The standard InChI is InChI=1S/C14H16ClNO/c15-12-4-2-1-3-9(12)7-14(17)11-8-10-5-6-13(11)16-10/h1-4,10-11,13,16H,5-8H2. The summed E-state index contributed by atoms with van der Waals surface area (Å²) in [5, 5.41) is 4.21. The Morgan fingerprint density at radius 1 is 1.35 bits per heavy atom. The van der Waals surface area contributed by atoms with Gasteiger partial charge in [-0.3, -0.25) is 4.79 Å². The minimum atomic E-state index is 0.213. The van der Waals surface area contributed by atoms with Crippen LogP contribution in [0.3, 0.4) is 0 Å². The Labute approximate surface area is 106 Å². The zero-order chi connectivity index (χ0) is 11.8. The quantitative estimate of drug-likeness (QED) is 0.892. The van der Waals surface area contributed by atoms with E-state index in [4.69, 9.17) is 11.6 Å². The van der Waals surface area contributed by atoms with Crippen LogP contribution in [0.25, 0.3) is 0 Å². The van der Waals surface area contributed by atoms with Crippen molar-refractivity contribution >= 4 is 17.4 Å². The van der Waals surface area contributed by atoms with E-state index in [1.807, 2.05) is 24.3 Å². The SMILES string of the molecule is O=C(Cc1ccccc1Cl)C1CC2CCC1N2. The lowest BCUT2D eigenvalue weighted by Crippen LogP contribution is -2.29. The number of hydrogen-bond acceptors (Lipinski definition) is 2. The van der Waals surface area contributed by atoms with E-state index in [9.17, 15) is 4.79 Å². The van der Waals surface area contributed by atoms with Crippen molar-refractivity contribution in [3.8, 4) is 0 Å². The van der Waals surface area contributed by atoms with Crippen LogP contribution in [0.4, 0.5) is 0 Å². The molecular formula is C14H16ClNO. The summed E-state index contributed by atoms with van der Waals surface area (Å²) in [6.07, 6.45) is 3.90. The Hall–Kier alpha value is -0.860. The molecule has 0 amide bonds. The zero-order valence-corrected chi connectivity index (χ0v) is 10.4. The third-order valence-electron chi connectivity index (χ3n) is 4.04. The largest absolute Gasteiger partial charge is 0.310 e. The monoisotopic (exact) mass is 249 g/mol. The fourth-order valence-electron chi connectivity index (χ4n) is 3.14. The Morgan fingerprint density at radius 3 is 2.82 bits per heavy atom. The number of fused-ring (bicyclic) bond motifs is 2. The van der Waals surface area contributed by atoms with Crippen molar-refractivity contribution in [2.45, 2.75) is 37.8 Å². The molecule has 2 nitrogen and oxygen atoms in total. The first-order chi connectivity index (χ1) is 8.24. The third-order valence-corrected chi connectivity index (χ3v) is 4.40. The van der Waals surface area contributed by atoms with Gasteiger partial charge in [0.25, 0.3) is 0 Å². The number of ketones is 1. The van der Waals surface area contributed by atoms with E-state index in [1.165, 1.54) is 6.42 Å². The number of carbonyl (C=O) groups is 1. The topological polar surface area (TPSA) is 29.1 Å². The smallest absolute Gasteiger partial charge is 0.142 e. The van der Waals surface area contributed by atoms with Crippen LogP contribution in [0.2, 0.25) is 5.02 Å². The van der Waals surface area contributed by atoms with Gasteiger partial charge in [-0.25, -0.2) is 0 Å². The maximum atomic E-state index is 12.3. The predicted octanol–water partition coefficient (Wildman–Crippen LogP) is 2.59. The predicted molar refractivity (Wildman–Crippen MR) is 68.2 cm³/mol. The number of carbonyl (C=O) groups excluding carboxylic acids is 1. The van der Waals surface area contributed by atoms with Gasteiger partial charge in [0.05, 0.1) is 0 Å². The molecule has 1 N–H and O–H groups in total. The van der Waals surface area contributed by atoms with Crippen molar-refractivity contribution in [1.29, 1.82) is 0 Å². The lowest BCUT2D eigenvalue weighted by atomic mass is 9.84. The van der Waals surface area contributed by atoms with Crippen LogP contribution in [0, 0.1) is 5.92 Å². The maximum Gasteiger partial charge on any atom is 0.142 e. The van der Waals surface area contributed by atoms with Gasteiger partial charge in [0.15, 0.2) is 0 Å². The Kier molecular flexibility index (Phi) is 2.93. The van der Waals surface area contributed by atoms with E-state index in [0.29, 0.717) is 29.3 Å². The Bertz CT molecular complexity index is 446. The minimum Gasteiger partial charge on any atom is -0.310 e. The van der Waals surface area contributed by atoms with Crippen LogP contribution in [-0.2, 0) is 11.2 Å². The summed E-state index contributed by atoms with van der Waals surface area (Å²) >= 11 is 6.09. The van der Waals surface area contributed by atoms with Crippen LogP contribution >= 0.6 is 11.6 Å². The lowest BCUT2D eigenvalue weighted by molar-refractivity contribution is -0.122. The molecule has 2 bridgehead atoms. The summed E-state index contributed by atoms with van der Waals surface area (Å²) in [7, 11) is 0. The van der Waals surface area contributed by atoms with Gasteiger partial charge in [-0.15, -0.1) is 0 Å². The fraction of sp³-hybridized carbons (Fsp3) is 0.500. The fourth-order valence-corrected chi connectivity index (χ4v) is 3.34. The minimum absolute atomic E-state index is 0.213. The molecule has 2 saturated heterocycles. The summed E-state index contributed by atoms with van der Waals surface area (Å²) in [4.78, 5) is 12.3. The van der Waals surface area contributed by atoms with E-state index in [1.54, 1.807) is 0 Å². The van der Waals surface area contributed by atoms with Crippen LogP contribution in [0.1, 0.15) is 24.8 Å². The highest BCUT2D eigenvalue weighted by Crippen LogP contribution is 2.34. The first-order valence-corrected chi connectivity index (χ1v) is 6.64. The molecule has 17 heavy (non-hydrogen) atoms. The molecule has 90 valence electrons. The highest BCUT2D eigenvalue weighted by atomic mass is 35.5. The number of nitrogens with one attached hydrogen (secondary N) is 1. The third kappa shape index (κ3) is 2.12. The molecule has 2 aliphatic heterocycles. The van der Waals surface area contributed by atoms with Crippen molar-refractivity contribution in [3.63, 3.8) is 0 Å². The molecule has 2 fully saturated rings. The second-order valence-corrected chi connectivity index (χ2v) is 5.53. The highest BCUT2D eigenvalue weighted by molar-refractivity contribution is 6.31. The molecule has 0 saturated carbocycles. The van der Waals surface area contributed by atoms with Crippen molar-refractivity contribution in [3.05, 3.63) is 34.9 Å². The van der Waals surface area contributed by atoms with Gasteiger partial charge in [0.1, 0.15) is 5.78 Å². The Morgan fingerprint density at radius 2 is 2.18 bits per heavy atom. The summed E-state index contributed by atoms with van der Waals surface area (Å²) in [5.74, 6) is 0.558. The van der Waals surface area contributed by atoms with E-state index in [-0.39, 0.29) is 5.92 Å². The van der Waals surface area contributed by atoms with Crippen LogP contribution in [0.15, 0.2) is 24.3 Å². The van der Waals surface area contributed by atoms with E-state index < -0.39 is 0 Å². The second kappa shape index (κ2) is 4.43. The van der Waals surface area contributed by atoms with Crippen LogP contribution in [0.5, 0.6) is 0 Å². The van der Waals surface area contributed by atoms with Gasteiger partial charge in [-0.2, -0.15) is 0 Å². The molecule has 1 aromatic rings. The highest BCUT2D eigenvalue weighted by Gasteiger charge is 2.42. The average molecular weight is 250 g/mol. The zero-order valence-electron chi connectivity index (χ0n) is 9.66. The molecule has 0 aromatic heterocycles. The molecule has 0 aliphatic carbocycles. The summed E-state index contributed by atoms with van der Waals surface area (Å²) in [6, 6.07) is 8.64. The molecule has 2 aliphatic rings. The van der Waals surface area contributed by atoms with E-state index in [0.717, 1.165) is 18.4 Å². The van der Waals surface area contributed by atoms with E-state index in [2.05, 4.69) is 5.32 Å². The Balaban J connectivity index is 1.70. The van der Waals surface area contributed by atoms with Gasteiger partial charge in [0, 0.05) is 29.4 Å². The first kappa shape index (κ1) is 11.2. The molecule has 0 radical (unpaired) electrons. The number of Topliss-reactive ketones (excluding diaryl/α,β-unsaturated/α-hetero) is 1. The van der Waals surface area contributed by atoms with Gasteiger partial charge >= 0.3 is 0 Å². The summed E-state index contributed by atoms with van der Waals surface area (Å²) in [5.41, 5.74) is 0.960. The van der Waals surface area contributed by atoms with E-state index >= 15 is 0 Å².